The molecule has 1 aliphatic heterocycles. The maximum atomic E-state index is 11.4. The van der Waals surface area contributed by atoms with Gasteiger partial charge in [-0.15, -0.1) is 0 Å². The average Bonchev–Trinajstić information content (AvgIpc) is 2.44. The van der Waals surface area contributed by atoms with Crippen LogP contribution < -0.4 is 5.32 Å². The Kier molecular flexibility index (Phi) is 4.72. The molecule has 0 amide bonds. The number of hydrogen-bond donors (Lipinski definition) is 1. The Morgan fingerprint density at radius 1 is 1.60 bits per heavy atom. The minimum atomic E-state index is -0.00816. The molecule has 5 nitrogen and oxygen atoms in total. The highest BCUT2D eigenvalue weighted by molar-refractivity contribution is 5.95. The van der Waals surface area contributed by atoms with Crippen LogP contribution in [0.2, 0.25) is 0 Å². The molecule has 1 aliphatic rings. The van der Waals surface area contributed by atoms with Crippen molar-refractivity contribution in [3.05, 3.63) is 29.3 Å². The molecule has 1 N–H and O–H groups in total. The molecule has 0 bridgehead atoms. The van der Waals surface area contributed by atoms with Gasteiger partial charge in [0.05, 0.1) is 24.0 Å². The number of hydrogen-bond acceptors (Lipinski definition) is 5. The fourth-order valence-electron chi connectivity index (χ4n) is 2.22. The second kappa shape index (κ2) is 6.51. The predicted octanol–water partition coefficient (Wildman–Crippen LogP) is 1.50. The van der Waals surface area contributed by atoms with Crippen molar-refractivity contribution in [2.24, 2.45) is 0 Å². The number of ether oxygens (including phenoxy) is 1. The largest absolute Gasteiger partial charge is 0.381 e. The van der Waals surface area contributed by atoms with Gasteiger partial charge in [0.15, 0.2) is 5.78 Å². The molecule has 0 saturated carbocycles. The number of Topliss-reactive ketones (excluding diaryl/α,β-unsaturated/α-hetero) is 1. The molecule has 20 heavy (non-hydrogen) atoms. The number of ketones is 1. The van der Waals surface area contributed by atoms with Crippen molar-refractivity contribution >= 4 is 11.5 Å². The normalized spacial score (nSPS) is 19.4. The van der Waals surface area contributed by atoms with E-state index in [2.05, 4.69) is 23.3 Å². The van der Waals surface area contributed by atoms with Gasteiger partial charge in [-0.2, -0.15) is 5.26 Å². The zero-order valence-electron chi connectivity index (χ0n) is 11.8. The third kappa shape index (κ3) is 3.56. The van der Waals surface area contributed by atoms with Gasteiger partial charge in [-0.05, 0) is 32.2 Å². The Bertz CT molecular complexity index is 536. The zero-order valence-corrected chi connectivity index (χ0v) is 11.8. The van der Waals surface area contributed by atoms with Crippen LogP contribution in [0.25, 0.3) is 0 Å². The lowest BCUT2D eigenvalue weighted by molar-refractivity contribution is -0.0117. The van der Waals surface area contributed by atoms with Crippen molar-refractivity contribution in [3.63, 3.8) is 0 Å². The lowest BCUT2D eigenvalue weighted by Gasteiger charge is -2.30. The molecule has 1 saturated heterocycles. The number of carbonyl (C=O) groups is 1. The third-order valence-corrected chi connectivity index (χ3v) is 3.41. The number of benzene rings is 1. The van der Waals surface area contributed by atoms with Crippen LogP contribution in [0.1, 0.15) is 22.8 Å². The van der Waals surface area contributed by atoms with Crippen molar-refractivity contribution in [2.45, 2.75) is 13.0 Å². The summed E-state index contributed by atoms with van der Waals surface area (Å²) in [5, 5.41) is 12.3. The third-order valence-electron chi connectivity index (χ3n) is 3.41. The van der Waals surface area contributed by atoms with Gasteiger partial charge in [0.1, 0.15) is 6.07 Å². The molecule has 1 aromatic carbocycles. The number of nitriles is 1. The summed E-state index contributed by atoms with van der Waals surface area (Å²) in [6.45, 7) is 4.67. The number of likely N-dealkylation sites (N-methyl/N-ethyl adjacent to an activating group) is 1. The minimum Gasteiger partial charge on any atom is -0.381 e. The van der Waals surface area contributed by atoms with Crippen molar-refractivity contribution in [3.8, 4) is 6.07 Å². The first-order valence-corrected chi connectivity index (χ1v) is 6.69. The van der Waals surface area contributed by atoms with E-state index in [1.54, 1.807) is 18.2 Å². The highest BCUT2D eigenvalue weighted by Crippen LogP contribution is 2.18. The van der Waals surface area contributed by atoms with Crippen LogP contribution in [0.5, 0.6) is 0 Å². The summed E-state index contributed by atoms with van der Waals surface area (Å²) in [4.78, 5) is 13.6. The minimum absolute atomic E-state index is 0.00816. The lowest BCUT2D eigenvalue weighted by Crippen LogP contribution is -2.43. The summed E-state index contributed by atoms with van der Waals surface area (Å²) in [6.07, 6.45) is 0.0984. The summed E-state index contributed by atoms with van der Waals surface area (Å²) < 4.78 is 5.67. The van der Waals surface area contributed by atoms with E-state index in [1.807, 2.05) is 0 Å². The van der Waals surface area contributed by atoms with Crippen molar-refractivity contribution in [1.29, 1.82) is 5.26 Å². The number of carbonyl (C=O) groups excluding carboxylic acids is 1. The zero-order chi connectivity index (χ0) is 14.5. The molecule has 1 aromatic rings. The highest BCUT2D eigenvalue weighted by atomic mass is 16.5. The smallest absolute Gasteiger partial charge is 0.159 e. The van der Waals surface area contributed by atoms with E-state index in [-0.39, 0.29) is 11.9 Å². The molecule has 5 heteroatoms. The molecule has 1 unspecified atom stereocenters. The Morgan fingerprint density at radius 3 is 3.05 bits per heavy atom. The van der Waals surface area contributed by atoms with Crippen LogP contribution in [0.4, 0.5) is 5.69 Å². The Hall–Kier alpha value is -1.90. The first kappa shape index (κ1) is 14.5. The predicted molar refractivity (Wildman–Crippen MR) is 76.9 cm³/mol. The molecule has 1 fully saturated rings. The molecule has 2 rings (SSSR count). The van der Waals surface area contributed by atoms with Crippen molar-refractivity contribution < 1.29 is 9.53 Å². The number of nitrogens with one attached hydrogen (secondary N) is 1. The second-order valence-electron chi connectivity index (χ2n) is 5.06. The monoisotopic (exact) mass is 273 g/mol. The molecule has 1 atom stereocenters. The Labute approximate surface area is 119 Å². The van der Waals surface area contributed by atoms with Gasteiger partial charge in [-0.25, -0.2) is 0 Å². The van der Waals surface area contributed by atoms with E-state index in [9.17, 15) is 4.79 Å². The van der Waals surface area contributed by atoms with Gasteiger partial charge in [0.2, 0.25) is 0 Å². The van der Waals surface area contributed by atoms with Gasteiger partial charge >= 0.3 is 0 Å². The van der Waals surface area contributed by atoms with Crippen LogP contribution in [0.15, 0.2) is 18.2 Å². The Morgan fingerprint density at radius 2 is 2.40 bits per heavy atom. The highest BCUT2D eigenvalue weighted by Gasteiger charge is 2.17. The molecule has 0 aromatic heterocycles. The maximum absolute atomic E-state index is 11.4. The van der Waals surface area contributed by atoms with Gasteiger partial charge in [0.25, 0.3) is 0 Å². The topological polar surface area (TPSA) is 65.4 Å². The molecule has 106 valence electrons. The summed E-state index contributed by atoms with van der Waals surface area (Å²) in [6, 6.07) is 7.21. The van der Waals surface area contributed by atoms with E-state index >= 15 is 0 Å². The van der Waals surface area contributed by atoms with Crippen molar-refractivity contribution in [1.82, 2.24) is 4.90 Å². The van der Waals surface area contributed by atoms with Gasteiger partial charge < -0.3 is 15.0 Å². The van der Waals surface area contributed by atoms with E-state index in [4.69, 9.17) is 10.00 Å². The van der Waals surface area contributed by atoms with E-state index in [0.717, 1.165) is 19.7 Å². The summed E-state index contributed by atoms with van der Waals surface area (Å²) >= 11 is 0. The fourth-order valence-corrected chi connectivity index (χ4v) is 2.22. The summed E-state index contributed by atoms with van der Waals surface area (Å²) in [5.41, 5.74) is 1.84. The summed E-state index contributed by atoms with van der Waals surface area (Å²) in [5.74, 6) is -0.00816. The van der Waals surface area contributed by atoms with Crippen LogP contribution in [-0.4, -0.2) is 50.1 Å². The second-order valence-corrected chi connectivity index (χ2v) is 5.06. The SMILES string of the molecule is CC(=O)c1ccc(C#N)c(NCC2CN(C)CCO2)c1. The van der Waals surface area contributed by atoms with Crippen LogP contribution in [0, 0.1) is 11.3 Å². The average molecular weight is 273 g/mol. The van der Waals surface area contributed by atoms with Crippen molar-refractivity contribution in [2.75, 3.05) is 38.6 Å². The number of anilines is 1. The number of morpholine rings is 1. The van der Waals surface area contributed by atoms with Gasteiger partial charge in [-0.3, -0.25) is 4.79 Å². The molecule has 1 heterocycles. The molecule has 0 spiro atoms. The molecular weight excluding hydrogens is 254 g/mol. The standard InChI is InChI=1S/C15H19N3O2/c1-11(19)12-3-4-13(8-16)15(7-12)17-9-14-10-18(2)5-6-20-14/h3-4,7,14,17H,5-6,9-10H2,1-2H3. The first-order valence-electron chi connectivity index (χ1n) is 6.69. The number of rotatable bonds is 4. The van der Waals surface area contributed by atoms with Gasteiger partial charge in [-0.1, -0.05) is 0 Å². The maximum Gasteiger partial charge on any atom is 0.159 e. The Balaban J connectivity index is 2.06. The van der Waals surface area contributed by atoms with Crippen LogP contribution >= 0.6 is 0 Å². The fraction of sp³-hybridized carbons (Fsp3) is 0.467. The van der Waals surface area contributed by atoms with Gasteiger partial charge in [0, 0.05) is 25.2 Å². The summed E-state index contributed by atoms with van der Waals surface area (Å²) in [7, 11) is 2.06. The molecule has 0 aliphatic carbocycles. The van der Waals surface area contributed by atoms with Crippen LogP contribution in [0.3, 0.4) is 0 Å². The van der Waals surface area contributed by atoms with E-state index in [0.29, 0.717) is 23.4 Å². The quantitative estimate of drug-likeness (QED) is 0.842. The number of nitrogens with zero attached hydrogens (tertiary/aromatic N) is 2. The van der Waals surface area contributed by atoms with E-state index < -0.39 is 0 Å². The molecular formula is C15H19N3O2. The van der Waals surface area contributed by atoms with Crippen LogP contribution in [-0.2, 0) is 4.74 Å². The lowest BCUT2D eigenvalue weighted by atomic mass is 10.1. The molecule has 0 radical (unpaired) electrons. The first-order chi connectivity index (χ1) is 9.60. The van der Waals surface area contributed by atoms with E-state index in [1.165, 1.54) is 6.92 Å².